The molecule has 7 heteroatoms. The lowest BCUT2D eigenvalue weighted by atomic mass is 10.1. The highest BCUT2D eigenvalue weighted by Gasteiger charge is 2.22. The average molecular weight is 284 g/mol. The second-order valence-corrected chi connectivity index (χ2v) is 4.92. The van der Waals surface area contributed by atoms with Gasteiger partial charge in [-0.25, -0.2) is 0 Å². The Morgan fingerprint density at radius 3 is 3.00 bits per heavy atom. The molecule has 1 saturated heterocycles. The Labute approximate surface area is 115 Å². The van der Waals surface area contributed by atoms with Crippen LogP contribution in [-0.4, -0.2) is 30.5 Å². The molecule has 1 aromatic rings. The van der Waals surface area contributed by atoms with E-state index in [4.69, 9.17) is 11.6 Å². The first-order valence-electron chi connectivity index (χ1n) is 6.01. The first-order chi connectivity index (χ1) is 9.08. The van der Waals surface area contributed by atoms with Crippen LogP contribution in [0.15, 0.2) is 18.2 Å². The number of nitrogens with one attached hydrogen (secondary N) is 2. The van der Waals surface area contributed by atoms with E-state index in [1.165, 1.54) is 18.2 Å². The zero-order valence-corrected chi connectivity index (χ0v) is 10.9. The number of nitro groups is 1. The number of rotatable bonds is 4. The third-order valence-corrected chi connectivity index (χ3v) is 3.35. The van der Waals surface area contributed by atoms with Gasteiger partial charge >= 0.3 is 0 Å². The van der Waals surface area contributed by atoms with Gasteiger partial charge in [0.15, 0.2) is 0 Å². The van der Waals surface area contributed by atoms with Crippen LogP contribution in [0.5, 0.6) is 0 Å². The smallest absolute Gasteiger partial charge is 0.282 e. The predicted molar refractivity (Wildman–Crippen MR) is 71.4 cm³/mol. The summed E-state index contributed by atoms with van der Waals surface area (Å²) in [7, 11) is 0. The molecule has 1 fully saturated rings. The summed E-state index contributed by atoms with van der Waals surface area (Å²) in [6.07, 6.45) is 0.998. The molecule has 1 amide bonds. The molecular weight excluding hydrogens is 270 g/mol. The summed E-state index contributed by atoms with van der Waals surface area (Å²) < 4.78 is 0. The summed E-state index contributed by atoms with van der Waals surface area (Å²) in [5, 5.41) is 17.1. The second-order valence-electron chi connectivity index (χ2n) is 4.49. The predicted octanol–water partition coefficient (Wildman–Crippen LogP) is 1.59. The molecule has 19 heavy (non-hydrogen) atoms. The van der Waals surface area contributed by atoms with Crippen LogP contribution >= 0.6 is 11.6 Å². The Morgan fingerprint density at radius 1 is 1.58 bits per heavy atom. The van der Waals surface area contributed by atoms with Crippen molar-refractivity contribution >= 4 is 23.2 Å². The molecule has 0 bridgehead atoms. The van der Waals surface area contributed by atoms with Crippen LogP contribution in [0.1, 0.15) is 16.8 Å². The number of nitro benzene ring substituents is 1. The minimum atomic E-state index is -0.581. The van der Waals surface area contributed by atoms with Crippen LogP contribution in [0, 0.1) is 16.0 Å². The summed E-state index contributed by atoms with van der Waals surface area (Å²) in [5.74, 6) is -0.0803. The third kappa shape index (κ3) is 3.42. The summed E-state index contributed by atoms with van der Waals surface area (Å²) in [6.45, 7) is 2.31. The maximum atomic E-state index is 12.0. The Morgan fingerprint density at radius 2 is 2.37 bits per heavy atom. The molecule has 0 radical (unpaired) electrons. The quantitative estimate of drug-likeness (QED) is 0.649. The molecule has 0 aliphatic carbocycles. The lowest BCUT2D eigenvalue weighted by molar-refractivity contribution is -0.385. The minimum absolute atomic E-state index is 0.00320. The van der Waals surface area contributed by atoms with Gasteiger partial charge in [-0.05, 0) is 37.6 Å². The van der Waals surface area contributed by atoms with Crippen LogP contribution in [0.3, 0.4) is 0 Å². The van der Waals surface area contributed by atoms with E-state index < -0.39 is 10.8 Å². The first-order valence-corrected chi connectivity index (χ1v) is 6.38. The number of carbonyl (C=O) groups excluding carboxylic acids is 1. The number of hydrogen-bond acceptors (Lipinski definition) is 4. The molecule has 2 N–H and O–H groups in total. The van der Waals surface area contributed by atoms with Crippen molar-refractivity contribution in [2.45, 2.75) is 6.42 Å². The van der Waals surface area contributed by atoms with Gasteiger partial charge in [0.1, 0.15) is 5.56 Å². The number of benzene rings is 1. The van der Waals surface area contributed by atoms with Crippen molar-refractivity contribution in [1.82, 2.24) is 10.6 Å². The lowest BCUT2D eigenvalue weighted by Gasteiger charge is -2.10. The Bertz CT molecular complexity index is 501. The van der Waals surface area contributed by atoms with Gasteiger partial charge in [-0.1, -0.05) is 11.6 Å². The third-order valence-electron chi connectivity index (χ3n) is 3.11. The number of nitrogens with zero attached hydrogens (tertiary/aromatic N) is 1. The molecule has 0 spiro atoms. The Balaban J connectivity index is 2.08. The molecule has 1 unspecified atom stereocenters. The molecule has 102 valence electrons. The molecule has 1 aliphatic heterocycles. The summed E-state index contributed by atoms with van der Waals surface area (Å²) >= 11 is 5.78. The summed E-state index contributed by atoms with van der Waals surface area (Å²) in [4.78, 5) is 22.3. The molecule has 6 nitrogen and oxygen atoms in total. The largest absolute Gasteiger partial charge is 0.351 e. The fourth-order valence-corrected chi connectivity index (χ4v) is 2.24. The summed E-state index contributed by atoms with van der Waals surface area (Å²) in [5.41, 5.74) is -0.227. The van der Waals surface area contributed by atoms with Crippen molar-refractivity contribution < 1.29 is 9.72 Å². The van der Waals surface area contributed by atoms with Gasteiger partial charge in [0.05, 0.1) is 4.92 Å². The molecule has 1 aromatic carbocycles. The summed E-state index contributed by atoms with van der Waals surface area (Å²) in [6, 6.07) is 3.97. The van der Waals surface area contributed by atoms with Gasteiger partial charge in [0.25, 0.3) is 11.6 Å². The SMILES string of the molecule is O=C(NCC1CCNC1)c1cc(Cl)ccc1[N+](=O)[O-]. The highest BCUT2D eigenvalue weighted by Crippen LogP contribution is 2.22. The molecule has 1 heterocycles. The minimum Gasteiger partial charge on any atom is -0.351 e. The van der Waals surface area contributed by atoms with Crippen molar-refractivity contribution in [2.75, 3.05) is 19.6 Å². The zero-order chi connectivity index (χ0) is 13.8. The zero-order valence-electron chi connectivity index (χ0n) is 10.2. The van der Waals surface area contributed by atoms with Gasteiger partial charge in [0, 0.05) is 17.6 Å². The van der Waals surface area contributed by atoms with Crippen LogP contribution in [0.2, 0.25) is 5.02 Å². The van der Waals surface area contributed by atoms with Crippen molar-refractivity contribution in [3.05, 3.63) is 38.9 Å². The van der Waals surface area contributed by atoms with Crippen LogP contribution in [0.4, 0.5) is 5.69 Å². The van der Waals surface area contributed by atoms with Crippen molar-refractivity contribution in [1.29, 1.82) is 0 Å². The van der Waals surface area contributed by atoms with E-state index in [0.717, 1.165) is 19.5 Å². The number of halogens is 1. The molecule has 0 saturated carbocycles. The van der Waals surface area contributed by atoms with E-state index in [1.807, 2.05) is 0 Å². The van der Waals surface area contributed by atoms with Crippen molar-refractivity contribution in [3.63, 3.8) is 0 Å². The molecule has 1 atom stereocenters. The van der Waals surface area contributed by atoms with E-state index in [1.54, 1.807) is 0 Å². The molecule has 0 aromatic heterocycles. The fourth-order valence-electron chi connectivity index (χ4n) is 2.07. The van der Waals surface area contributed by atoms with Gasteiger partial charge in [-0.15, -0.1) is 0 Å². The monoisotopic (exact) mass is 283 g/mol. The van der Waals surface area contributed by atoms with Crippen LogP contribution in [-0.2, 0) is 0 Å². The van der Waals surface area contributed by atoms with Gasteiger partial charge in [-0.3, -0.25) is 14.9 Å². The van der Waals surface area contributed by atoms with E-state index in [-0.39, 0.29) is 11.3 Å². The maximum absolute atomic E-state index is 12.0. The van der Waals surface area contributed by atoms with Gasteiger partial charge in [-0.2, -0.15) is 0 Å². The van der Waals surface area contributed by atoms with Gasteiger partial charge < -0.3 is 10.6 Å². The topological polar surface area (TPSA) is 84.3 Å². The van der Waals surface area contributed by atoms with Crippen LogP contribution in [0.25, 0.3) is 0 Å². The standard InChI is InChI=1S/C12H14ClN3O3/c13-9-1-2-11(16(18)19)10(5-9)12(17)15-7-8-3-4-14-6-8/h1-2,5,8,14H,3-4,6-7H2,(H,15,17). The normalized spacial score (nSPS) is 18.3. The van der Waals surface area contributed by atoms with Crippen molar-refractivity contribution in [2.24, 2.45) is 5.92 Å². The Hall–Kier alpha value is -1.66. The van der Waals surface area contributed by atoms with E-state index in [2.05, 4.69) is 10.6 Å². The number of amides is 1. The highest BCUT2D eigenvalue weighted by atomic mass is 35.5. The van der Waals surface area contributed by atoms with E-state index in [0.29, 0.717) is 17.5 Å². The highest BCUT2D eigenvalue weighted by molar-refractivity contribution is 6.31. The van der Waals surface area contributed by atoms with Crippen molar-refractivity contribution in [3.8, 4) is 0 Å². The molecule has 2 rings (SSSR count). The fraction of sp³-hybridized carbons (Fsp3) is 0.417. The molecule has 1 aliphatic rings. The number of hydrogen-bond donors (Lipinski definition) is 2. The second kappa shape index (κ2) is 5.99. The van der Waals surface area contributed by atoms with E-state index in [9.17, 15) is 14.9 Å². The number of carbonyl (C=O) groups is 1. The maximum Gasteiger partial charge on any atom is 0.282 e. The lowest BCUT2D eigenvalue weighted by Crippen LogP contribution is -2.30. The van der Waals surface area contributed by atoms with E-state index >= 15 is 0 Å². The van der Waals surface area contributed by atoms with Gasteiger partial charge in [0.2, 0.25) is 0 Å². The first kappa shape index (κ1) is 13.8. The Kier molecular flexibility index (Phi) is 4.34. The molecular formula is C12H14ClN3O3. The van der Waals surface area contributed by atoms with Crippen LogP contribution < -0.4 is 10.6 Å². The average Bonchev–Trinajstić information content (AvgIpc) is 2.88.